The fourth-order valence-electron chi connectivity index (χ4n) is 1.02. The monoisotopic (exact) mass is 325 g/mol. The number of ether oxygens (including phenoxy) is 1. The van der Waals surface area contributed by atoms with E-state index >= 15 is 0 Å². The van der Waals surface area contributed by atoms with Gasteiger partial charge in [-0.1, -0.05) is 45.5 Å². The van der Waals surface area contributed by atoms with Gasteiger partial charge in [0.05, 0.1) is 11.6 Å². The molecule has 1 rings (SSSR count). The van der Waals surface area contributed by atoms with Crippen LogP contribution in [0.5, 0.6) is 5.75 Å². The van der Waals surface area contributed by atoms with E-state index in [1.807, 2.05) is 6.07 Å². The average Bonchev–Trinajstić information content (AvgIpc) is 2.20. The van der Waals surface area contributed by atoms with Crippen molar-refractivity contribution in [3.8, 4) is 5.75 Å². The number of benzene rings is 1. The maximum Gasteiger partial charge on any atom is 0.137 e. The molecule has 0 radical (unpaired) electrons. The van der Waals surface area contributed by atoms with Crippen molar-refractivity contribution >= 4 is 38.6 Å². The summed E-state index contributed by atoms with van der Waals surface area (Å²) in [7, 11) is 0. The summed E-state index contributed by atoms with van der Waals surface area (Å²) in [5, 5.41) is 0.0968. The molecule has 3 nitrogen and oxygen atoms in total. The zero-order valence-electron chi connectivity index (χ0n) is 8.61. The van der Waals surface area contributed by atoms with Gasteiger partial charge in [-0.05, 0) is 24.6 Å². The van der Waals surface area contributed by atoms with Crippen molar-refractivity contribution in [2.45, 2.75) is 18.6 Å². The van der Waals surface area contributed by atoms with Gasteiger partial charge < -0.3 is 9.29 Å². The molecular weight excluding hydrogens is 316 g/mol. The van der Waals surface area contributed by atoms with Crippen molar-refractivity contribution in [1.29, 1.82) is 0 Å². The Balaban J connectivity index is 2.46. The minimum atomic E-state index is -2.05. The van der Waals surface area contributed by atoms with Gasteiger partial charge in [0.25, 0.3) is 0 Å². The number of halogens is 2. The molecule has 0 N–H and O–H groups in total. The molecule has 0 aliphatic rings. The van der Waals surface area contributed by atoms with Gasteiger partial charge in [0.1, 0.15) is 5.75 Å². The summed E-state index contributed by atoms with van der Waals surface area (Å²) in [6, 6.07) is 5.29. The molecule has 0 saturated carbocycles. The third-order valence-electron chi connectivity index (χ3n) is 2.00. The van der Waals surface area contributed by atoms with Crippen LogP contribution >= 0.6 is 27.5 Å². The van der Waals surface area contributed by atoms with E-state index in [2.05, 4.69) is 15.9 Å². The Labute approximate surface area is 111 Å². The minimum absolute atomic E-state index is 0.330. The van der Waals surface area contributed by atoms with Gasteiger partial charge in [-0.2, -0.15) is 0 Å². The second-order valence-corrected chi connectivity index (χ2v) is 5.93. The molecule has 0 spiro atoms. The lowest BCUT2D eigenvalue weighted by molar-refractivity contribution is 0.308. The van der Waals surface area contributed by atoms with Crippen LogP contribution in [0.3, 0.4) is 0 Å². The summed E-state index contributed by atoms with van der Waals surface area (Å²) in [6.45, 7) is 1.96. The molecular formula is C10H11BrClO3S-. The molecule has 0 aliphatic carbocycles. The molecule has 2 atom stereocenters. The van der Waals surface area contributed by atoms with E-state index in [0.717, 1.165) is 4.47 Å². The zero-order chi connectivity index (χ0) is 12.1. The number of rotatable bonds is 5. The molecule has 6 heteroatoms. The summed E-state index contributed by atoms with van der Waals surface area (Å²) in [4.78, 5) is 0. The van der Waals surface area contributed by atoms with E-state index in [9.17, 15) is 8.76 Å². The molecule has 1 aromatic rings. The predicted molar refractivity (Wildman–Crippen MR) is 67.6 cm³/mol. The molecule has 90 valence electrons. The molecule has 1 aromatic carbocycles. The lowest BCUT2D eigenvalue weighted by atomic mass is 10.3. The van der Waals surface area contributed by atoms with Crippen LogP contribution < -0.4 is 4.74 Å². The van der Waals surface area contributed by atoms with Crippen molar-refractivity contribution in [2.24, 2.45) is 0 Å². The topological polar surface area (TPSA) is 49.4 Å². The average molecular weight is 327 g/mol. The first-order valence-electron chi connectivity index (χ1n) is 4.66. The molecule has 0 aromatic heterocycles. The van der Waals surface area contributed by atoms with Gasteiger partial charge in [-0.3, -0.25) is 4.21 Å². The van der Waals surface area contributed by atoms with E-state index in [0.29, 0.717) is 23.8 Å². The van der Waals surface area contributed by atoms with Crippen LogP contribution in [0.15, 0.2) is 22.7 Å². The fraction of sp³-hybridized carbons (Fsp3) is 0.400. The highest BCUT2D eigenvalue weighted by Crippen LogP contribution is 2.27. The third kappa shape index (κ3) is 4.41. The zero-order valence-corrected chi connectivity index (χ0v) is 11.8. The summed E-state index contributed by atoms with van der Waals surface area (Å²) < 4.78 is 27.4. The van der Waals surface area contributed by atoms with Crippen LogP contribution in [0.4, 0.5) is 0 Å². The highest BCUT2D eigenvalue weighted by Gasteiger charge is 2.05. The fourth-order valence-corrected chi connectivity index (χ4v) is 2.04. The van der Waals surface area contributed by atoms with Crippen molar-refractivity contribution in [1.82, 2.24) is 0 Å². The van der Waals surface area contributed by atoms with Crippen molar-refractivity contribution < 1.29 is 13.5 Å². The van der Waals surface area contributed by atoms with Gasteiger partial charge in [0, 0.05) is 9.72 Å². The Morgan fingerprint density at radius 2 is 2.31 bits per heavy atom. The smallest absolute Gasteiger partial charge is 0.137 e. The van der Waals surface area contributed by atoms with E-state index in [1.165, 1.54) is 0 Å². The van der Waals surface area contributed by atoms with Gasteiger partial charge in [-0.15, -0.1) is 0 Å². The van der Waals surface area contributed by atoms with Crippen LogP contribution in [0.1, 0.15) is 13.3 Å². The summed E-state index contributed by atoms with van der Waals surface area (Å²) in [6.07, 6.45) is 0.447. The van der Waals surface area contributed by atoms with E-state index in [4.69, 9.17) is 16.3 Å². The minimum Gasteiger partial charge on any atom is -0.772 e. The summed E-state index contributed by atoms with van der Waals surface area (Å²) in [5.41, 5.74) is 0. The lowest BCUT2D eigenvalue weighted by Gasteiger charge is -2.15. The van der Waals surface area contributed by atoms with Crippen molar-refractivity contribution in [2.75, 3.05) is 6.61 Å². The van der Waals surface area contributed by atoms with E-state index in [1.54, 1.807) is 19.1 Å². The lowest BCUT2D eigenvalue weighted by Crippen LogP contribution is -2.14. The summed E-state index contributed by atoms with van der Waals surface area (Å²) in [5.74, 6) is 0.564. The van der Waals surface area contributed by atoms with Crippen LogP contribution in [0, 0.1) is 0 Å². The van der Waals surface area contributed by atoms with Crippen LogP contribution in [-0.2, 0) is 11.1 Å². The van der Waals surface area contributed by atoms with Crippen molar-refractivity contribution in [3.05, 3.63) is 27.7 Å². The molecule has 16 heavy (non-hydrogen) atoms. The van der Waals surface area contributed by atoms with Crippen LogP contribution in [0.25, 0.3) is 0 Å². The number of hydrogen-bond donors (Lipinski definition) is 0. The quantitative estimate of drug-likeness (QED) is 0.781. The molecule has 0 bridgehead atoms. The third-order valence-corrected chi connectivity index (χ3v) is 3.69. The Morgan fingerprint density at radius 1 is 1.62 bits per heavy atom. The Bertz CT molecular complexity index is 386. The Kier molecular flexibility index (Phi) is 5.75. The molecule has 0 amide bonds. The summed E-state index contributed by atoms with van der Waals surface area (Å²) >= 11 is 7.17. The maximum atomic E-state index is 10.6. The highest BCUT2D eigenvalue weighted by atomic mass is 79.9. The van der Waals surface area contributed by atoms with Gasteiger partial charge in [-0.25, -0.2) is 0 Å². The molecule has 0 heterocycles. The van der Waals surface area contributed by atoms with Crippen molar-refractivity contribution in [3.63, 3.8) is 0 Å². The molecule has 0 fully saturated rings. The maximum absolute atomic E-state index is 10.6. The first kappa shape index (κ1) is 14.0. The number of hydrogen-bond acceptors (Lipinski definition) is 3. The van der Waals surface area contributed by atoms with Crippen LogP contribution in [0.2, 0.25) is 5.02 Å². The van der Waals surface area contributed by atoms with Crippen LogP contribution in [-0.4, -0.2) is 20.6 Å². The highest BCUT2D eigenvalue weighted by molar-refractivity contribution is 9.10. The standard InChI is InChI=1S/C10H12BrClO3S/c1-7(16(13)14)4-5-15-10-3-2-8(11)6-9(10)12/h2-3,6-7H,4-5H2,1H3,(H,13,14)/p-1. The Hall–Kier alpha value is -0.100. The first-order chi connectivity index (χ1) is 7.50. The van der Waals surface area contributed by atoms with Gasteiger partial charge >= 0.3 is 0 Å². The van der Waals surface area contributed by atoms with Gasteiger partial charge in [0.15, 0.2) is 0 Å². The second-order valence-electron chi connectivity index (χ2n) is 3.28. The predicted octanol–water partition coefficient (Wildman–Crippen LogP) is 3.14. The normalized spacial score (nSPS) is 14.5. The molecule has 2 unspecified atom stereocenters. The molecule has 0 saturated heterocycles. The van der Waals surface area contributed by atoms with Gasteiger partial charge in [0.2, 0.25) is 0 Å². The van der Waals surface area contributed by atoms with E-state index < -0.39 is 16.3 Å². The van der Waals surface area contributed by atoms with E-state index in [-0.39, 0.29) is 0 Å². The first-order valence-corrected chi connectivity index (χ1v) is 6.97. The molecule has 0 aliphatic heterocycles. The largest absolute Gasteiger partial charge is 0.772 e. The SMILES string of the molecule is CC(CCOc1ccc(Br)cc1Cl)S(=O)[O-]. The Morgan fingerprint density at radius 3 is 2.88 bits per heavy atom. The second kappa shape index (κ2) is 6.59.